The lowest BCUT2D eigenvalue weighted by molar-refractivity contribution is -0.174. The first kappa shape index (κ1) is 24.5. The van der Waals surface area contributed by atoms with E-state index >= 15 is 0 Å². The summed E-state index contributed by atoms with van der Waals surface area (Å²) in [6, 6.07) is 1.81. The molecule has 0 amide bonds. The summed E-state index contributed by atoms with van der Waals surface area (Å²) in [6.07, 6.45) is 13.4. The number of aromatic amines is 1. The highest BCUT2D eigenvalue weighted by Gasteiger charge is 2.62. The summed E-state index contributed by atoms with van der Waals surface area (Å²) in [5.74, 6) is 4.02. The van der Waals surface area contributed by atoms with Crippen LogP contribution in [0.5, 0.6) is 0 Å². The van der Waals surface area contributed by atoms with E-state index in [-0.39, 0.29) is 28.6 Å². The van der Waals surface area contributed by atoms with Crippen LogP contribution in [-0.4, -0.2) is 37.4 Å². The molecule has 0 spiro atoms. The molecule has 196 valence electrons. The summed E-state index contributed by atoms with van der Waals surface area (Å²) in [7, 11) is 0. The fourth-order valence-electron chi connectivity index (χ4n) is 9.89. The molecule has 2 heterocycles. The van der Waals surface area contributed by atoms with Crippen LogP contribution in [0.25, 0.3) is 10.9 Å². The third-order valence-corrected chi connectivity index (χ3v) is 11.8. The minimum atomic E-state index is -0.224. The van der Waals surface area contributed by atoms with Gasteiger partial charge in [0.15, 0.2) is 0 Å². The van der Waals surface area contributed by atoms with Gasteiger partial charge in [0.25, 0.3) is 5.56 Å². The Balaban J connectivity index is 1.18. The third kappa shape index (κ3) is 3.77. The van der Waals surface area contributed by atoms with Crippen molar-refractivity contribution >= 4 is 10.9 Å². The number of fused-ring (bicyclic) bond motifs is 6. The standard InChI is InChI=1S/C30H43N3O3/c1-17(4-7-26-32-24-10-13-31-16-20(24)28(36)33-26)21-5-6-22-27-23(9-12-30(21,22)3)29(2)11-8-19(34)14-18(29)15-25(27)35/h10,13,16-19,21-23,25,27,34-35H,4-9,11-12,14-15H2,1-3H3,(H,32,33,36)/t17-,18+,19-,21-,22+,23?,25-,27+,29+,30-/m1/s1. The van der Waals surface area contributed by atoms with Gasteiger partial charge in [-0.2, -0.15) is 0 Å². The van der Waals surface area contributed by atoms with Gasteiger partial charge in [0.2, 0.25) is 0 Å². The zero-order valence-corrected chi connectivity index (χ0v) is 22.1. The molecule has 6 nitrogen and oxygen atoms in total. The predicted molar refractivity (Wildman–Crippen MR) is 140 cm³/mol. The predicted octanol–water partition coefficient (Wildman–Crippen LogP) is 4.88. The zero-order chi connectivity index (χ0) is 25.2. The minimum absolute atomic E-state index is 0.102. The van der Waals surface area contributed by atoms with Crippen LogP contribution in [0.15, 0.2) is 23.3 Å². The monoisotopic (exact) mass is 493 g/mol. The Hall–Kier alpha value is -1.79. The Bertz CT molecular complexity index is 1180. The highest BCUT2D eigenvalue weighted by atomic mass is 16.3. The number of aliphatic hydroxyl groups is 2. The van der Waals surface area contributed by atoms with Gasteiger partial charge < -0.3 is 15.2 Å². The number of nitrogens with one attached hydrogen (secondary N) is 1. The van der Waals surface area contributed by atoms with Crippen molar-refractivity contribution in [1.82, 2.24) is 15.0 Å². The normalized spacial score (nSPS) is 43.0. The summed E-state index contributed by atoms with van der Waals surface area (Å²) in [5, 5.41) is 22.3. The van der Waals surface area contributed by atoms with Crippen LogP contribution in [0.1, 0.15) is 84.4 Å². The molecule has 6 heteroatoms. The number of pyridine rings is 1. The second-order valence-electron chi connectivity index (χ2n) is 13.4. The van der Waals surface area contributed by atoms with Crippen LogP contribution in [-0.2, 0) is 6.42 Å². The van der Waals surface area contributed by atoms with Gasteiger partial charge in [-0.15, -0.1) is 0 Å². The minimum Gasteiger partial charge on any atom is -0.393 e. The summed E-state index contributed by atoms with van der Waals surface area (Å²) in [4.78, 5) is 24.2. The maximum absolute atomic E-state index is 12.5. The van der Waals surface area contributed by atoms with Crippen LogP contribution < -0.4 is 5.56 Å². The molecule has 1 unspecified atom stereocenters. The molecule has 0 aliphatic heterocycles. The fraction of sp³-hybridized carbons (Fsp3) is 0.767. The molecule has 2 aromatic heterocycles. The van der Waals surface area contributed by atoms with Gasteiger partial charge in [0.05, 0.1) is 23.1 Å². The van der Waals surface area contributed by atoms with E-state index < -0.39 is 0 Å². The largest absolute Gasteiger partial charge is 0.393 e. The molecule has 0 saturated heterocycles. The lowest BCUT2D eigenvalue weighted by Gasteiger charge is -2.62. The first-order valence-electron chi connectivity index (χ1n) is 14.4. The second-order valence-corrected chi connectivity index (χ2v) is 13.4. The average molecular weight is 494 g/mol. The van der Waals surface area contributed by atoms with Crippen LogP contribution in [0.2, 0.25) is 0 Å². The number of H-pyrrole nitrogens is 1. The Labute approximate surface area is 214 Å². The van der Waals surface area contributed by atoms with E-state index in [0.717, 1.165) is 49.9 Å². The van der Waals surface area contributed by atoms with Crippen molar-refractivity contribution in [3.8, 4) is 0 Å². The maximum Gasteiger partial charge on any atom is 0.260 e. The van der Waals surface area contributed by atoms with Gasteiger partial charge in [-0.3, -0.25) is 9.78 Å². The van der Waals surface area contributed by atoms with E-state index in [1.54, 1.807) is 12.4 Å². The van der Waals surface area contributed by atoms with Crippen molar-refractivity contribution in [1.29, 1.82) is 0 Å². The van der Waals surface area contributed by atoms with Gasteiger partial charge in [-0.1, -0.05) is 20.8 Å². The fourth-order valence-corrected chi connectivity index (χ4v) is 9.89. The van der Waals surface area contributed by atoms with Crippen LogP contribution in [0, 0.1) is 46.3 Å². The lowest BCUT2D eigenvalue weighted by atomic mass is 9.43. The number of rotatable bonds is 4. The molecule has 0 radical (unpaired) electrons. The highest BCUT2D eigenvalue weighted by molar-refractivity contribution is 5.75. The summed E-state index contributed by atoms with van der Waals surface area (Å²) in [5.41, 5.74) is 1.16. The molecule has 3 N–H and O–H groups in total. The number of aryl methyl sites for hydroxylation is 1. The van der Waals surface area contributed by atoms with Crippen molar-refractivity contribution in [3.63, 3.8) is 0 Å². The summed E-state index contributed by atoms with van der Waals surface area (Å²) in [6.45, 7) is 7.40. The van der Waals surface area contributed by atoms with Gasteiger partial charge in [-0.25, -0.2) is 4.98 Å². The molecule has 10 atom stereocenters. The number of aromatic nitrogens is 3. The summed E-state index contributed by atoms with van der Waals surface area (Å²) < 4.78 is 0. The topological polar surface area (TPSA) is 99.1 Å². The first-order valence-corrected chi connectivity index (χ1v) is 14.4. The second kappa shape index (κ2) is 8.90. The third-order valence-electron chi connectivity index (χ3n) is 11.8. The lowest BCUT2D eigenvalue weighted by Crippen LogP contribution is -2.58. The van der Waals surface area contributed by atoms with Crippen LogP contribution in [0.4, 0.5) is 0 Å². The molecule has 0 bridgehead atoms. The van der Waals surface area contributed by atoms with E-state index in [9.17, 15) is 15.0 Å². The van der Waals surface area contributed by atoms with Gasteiger partial charge in [0.1, 0.15) is 5.82 Å². The van der Waals surface area contributed by atoms with Crippen molar-refractivity contribution < 1.29 is 10.2 Å². The van der Waals surface area contributed by atoms with Crippen molar-refractivity contribution in [2.24, 2.45) is 46.3 Å². The smallest absolute Gasteiger partial charge is 0.260 e. The van der Waals surface area contributed by atoms with E-state index in [1.807, 2.05) is 6.07 Å². The molecule has 4 saturated carbocycles. The van der Waals surface area contributed by atoms with Crippen molar-refractivity contribution in [2.45, 2.75) is 97.2 Å². The van der Waals surface area contributed by atoms with E-state index in [2.05, 4.69) is 30.7 Å². The molecule has 2 aromatic rings. The van der Waals surface area contributed by atoms with Gasteiger partial charge >= 0.3 is 0 Å². The highest BCUT2D eigenvalue weighted by Crippen LogP contribution is 2.68. The molecule has 4 aliphatic rings. The SMILES string of the molecule is C[C@H](CCc1nc2ccncc2c(=O)[nH]1)[C@H]1CC[C@H]2[C@H]3C(CC[C@]12C)[C@@]1(C)CC[C@@H](O)C[C@H]1C[C@H]3O. The van der Waals surface area contributed by atoms with E-state index in [1.165, 1.54) is 25.7 Å². The van der Waals surface area contributed by atoms with Crippen LogP contribution in [0.3, 0.4) is 0 Å². The van der Waals surface area contributed by atoms with Crippen molar-refractivity contribution in [3.05, 3.63) is 34.6 Å². The van der Waals surface area contributed by atoms with Gasteiger partial charge in [0, 0.05) is 18.8 Å². The molecule has 4 fully saturated rings. The Morgan fingerprint density at radius 3 is 2.69 bits per heavy atom. The Kier molecular flexibility index (Phi) is 6.07. The average Bonchev–Trinajstić information content (AvgIpc) is 3.21. The molecule has 6 rings (SSSR count). The number of aliphatic hydroxyl groups excluding tert-OH is 2. The molecular formula is C30H43N3O3. The zero-order valence-electron chi connectivity index (χ0n) is 22.1. The molecule has 36 heavy (non-hydrogen) atoms. The Morgan fingerprint density at radius 2 is 1.86 bits per heavy atom. The maximum atomic E-state index is 12.5. The summed E-state index contributed by atoms with van der Waals surface area (Å²) >= 11 is 0. The van der Waals surface area contributed by atoms with Crippen molar-refractivity contribution in [2.75, 3.05) is 0 Å². The van der Waals surface area contributed by atoms with Crippen LogP contribution >= 0.6 is 0 Å². The molecular weight excluding hydrogens is 450 g/mol. The van der Waals surface area contributed by atoms with E-state index in [0.29, 0.717) is 40.9 Å². The first-order chi connectivity index (χ1) is 17.2. The van der Waals surface area contributed by atoms with E-state index in [4.69, 9.17) is 4.98 Å². The number of nitrogens with zero attached hydrogens (tertiary/aromatic N) is 2. The molecule has 4 aliphatic carbocycles. The van der Waals surface area contributed by atoms with Gasteiger partial charge in [-0.05, 0) is 110 Å². The molecule has 0 aromatic carbocycles. The quantitative estimate of drug-likeness (QED) is 0.564. The Morgan fingerprint density at radius 1 is 1.08 bits per heavy atom. The number of hydrogen-bond acceptors (Lipinski definition) is 5. The number of hydrogen-bond donors (Lipinski definition) is 3.